The van der Waals surface area contributed by atoms with E-state index in [4.69, 9.17) is 16.0 Å². The van der Waals surface area contributed by atoms with Gasteiger partial charge in [-0.2, -0.15) is 0 Å². The second kappa shape index (κ2) is 3.95. The number of hydrogen-bond acceptors (Lipinski definition) is 2. The normalized spacial score (nSPS) is 11.3. The first-order chi connectivity index (χ1) is 7.49. The number of carbonyl (C=O) groups is 1. The van der Waals surface area contributed by atoms with Crippen molar-refractivity contribution in [3.05, 3.63) is 34.5 Å². The summed E-state index contributed by atoms with van der Waals surface area (Å²) in [6, 6.07) is 5.47. The van der Waals surface area contributed by atoms with E-state index in [0.717, 1.165) is 10.9 Å². The molecule has 0 unspecified atom stereocenters. The van der Waals surface area contributed by atoms with E-state index in [2.05, 4.69) is 0 Å². The summed E-state index contributed by atoms with van der Waals surface area (Å²) in [5.41, 5.74) is 1.70. The van der Waals surface area contributed by atoms with Crippen LogP contribution in [-0.2, 0) is 0 Å². The molecule has 0 saturated carbocycles. The number of rotatable bonds is 2. The largest absolute Gasteiger partial charge is 0.453 e. The maximum Gasteiger partial charge on any atom is 0.200 e. The monoisotopic (exact) mass is 236 g/mol. The lowest BCUT2D eigenvalue weighted by molar-refractivity contribution is 0.0913. The number of hydrogen-bond donors (Lipinski definition) is 0. The molecule has 0 spiro atoms. The van der Waals surface area contributed by atoms with E-state index in [1.54, 1.807) is 6.07 Å². The molecule has 0 saturated heterocycles. The molecule has 0 amide bonds. The topological polar surface area (TPSA) is 30.2 Å². The summed E-state index contributed by atoms with van der Waals surface area (Å²) in [5.74, 6) is 0.322. The Labute approximate surface area is 99.2 Å². The number of furan rings is 1. The lowest BCUT2D eigenvalue weighted by Crippen LogP contribution is -2.05. The van der Waals surface area contributed by atoms with Crippen LogP contribution in [0.1, 0.15) is 30.0 Å². The summed E-state index contributed by atoms with van der Waals surface area (Å²) in [7, 11) is 0. The van der Waals surface area contributed by atoms with Crippen molar-refractivity contribution in [2.24, 2.45) is 5.92 Å². The number of Topliss-reactive ketones (excluding diaryl/α,β-unsaturated/α-hetero) is 1. The van der Waals surface area contributed by atoms with E-state index in [9.17, 15) is 4.79 Å². The highest BCUT2D eigenvalue weighted by atomic mass is 35.5. The van der Waals surface area contributed by atoms with Gasteiger partial charge in [0.1, 0.15) is 5.58 Å². The zero-order chi connectivity index (χ0) is 11.9. The minimum Gasteiger partial charge on any atom is -0.453 e. The molecule has 0 fully saturated rings. The Bertz CT molecular complexity index is 552. The minimum absolute atomic E-state index is 0.00456. The average molecular weight is 237 g/mol. The van der Waals surface area contributed by atoms with Crippen molar-refractivity contribution in [2.45, 2.75) is 20.8 Å². The van der Waals surface area contributed by atoms with Crippen LogP contribution in [0.15, 0.2) is 22.6 Å². The van der Waals surface area contributed by atoms with Gasteiger partial charge in [-0.1, -0.05) is 25.4 Å². The first-order valence-electron chi connectivity index (χ1n) is 5.23. The molecule has 0 radical (unpaired) electrons. The third kappa shape index (κ3) is 1.85. The van der Waals surface area contributed by atoms with Gasteiger partial charge in [0.15, 0.2) is 5.76 Å². The van der Waals surface area contributed by atoms with Crippen LogP contribution in [0.3, 0.4) is 0 Å². The molecular formula is C13H13ClO2. The van der Waals surface area contributed by atoms with Gasteiger partial charge in [-0.25, -0.2) is 0 Å². The zero-order valence-electron chi connectivity index (χ0n) is 9.50. The van der Waals surface area contributed by atoms with Gasteiger partial charge in [-0.3, -0.25) is 4.79 Å². The highest BCUT2D eigenvalue weighted by Gasteiger charge is 2.16. The van der Waals surface area contributed by atoms with E-state index in [1.807, 2.05) is 32.9 Å². The van der Waals surface area contributed by atoms with Crippen molar-refractivity contribution in [1.29, 1.82) is 0 Å². The van der Waals surface area contributed by atoms with Crippen molar-refractivity contribution < 1.29 is 9.21 Å². The first kappa shape index (κ1) is 11.2. The molecule has 0 bridgehead atoms. The molecule has 16 heavy (non-hydrogen) atoms. The predicted octanol–water partition coefficient (Wildman–Crippen LogP) is 4.23. The standard InChI is InChI=1S/C13H13ClO2/c1-7(2)13(15)12-6-9-10(14)4-8(3)5-11(9)16-12/h4-7H,1-3H3. The molecule has 2 nitrogen and oxygen atoms in total. The first-order valence-corrected chi connectivity index (χ1v) is 5.60. The fraction of sp³-hybridized carbons (Fsp3) is 0.308. The molecule has 2 aromatic rings. The third-order valence-corrected chi connectivity index (χ3v) is 2.81. The van der Waals surface area contributed by atoms with Crippen LogP contribution in [0.2, 0.25) is 5.02 Å². The Morgan fingerprint density at radius 2 is 2.00 bits per heavy atom. The molecule has 0 N–H and O–H groups in total. The second-order valence-corrected chi connectivity index (χ2v) is 4.70. The van der Waals surface area contributed by atoms with Crippen LogP contribution in [0.25, 0.3) is 11.0 Å². The molecule has 1 aromatic carbocycles. The summed E-state index contributed by atoms with van der Waals surface area (Å²) < 4.78 is 5.52. The van der Waals surface area contributed by atoms with Crippen LogP contribution >= 0.6 is 11.6 Å². The highest BCUT2D eigenvalue weighted by molar-refractivity contribution is 6.35. The molecule has 2 rings (SSSR count). The van der Waals surface area contributed by atoms with Gasteiger partial charge in [0, 0.05) is 11.3 Å². The van der Waals surface area contributed by atoms with E-state index in [1.165, 1.54) is 0 Å². The Morgan fingerprint density at radius 1 is 1.31 bits per heavy atom. The summed E-state index contributed by atoms with van der Waals surface area (Å²) in [6.07, 6.45) is 0. The van der Waals surface area contributed by atoms with E-state index >= 15 is 0 Å². The fourth-order valence-corrected chi connectivity index (χ4v) is 1.95. The van der Waals surface area contributed by atoms with Crippen LogP contribution < -0.4 is 0 Å². The van der Waals surface area contributed by atoms with Gasteiger partial charge in [0.2, 0.25) is 5.78 Å². The van der Waals surface area contributed by atoms with Crippen molar-refractivity contribution in [3.8, 4) is 0 Å². The third-order valence-electron chi connectivity index (χ3n) is 2.50. The van der Waals surface area contributed by atoms with Crippen molar-refractivity contribution >= 4 is 28.4 Å². The lowest BCUT2D eigenvalue weighted by atomic mass is 10.1. The number of carbonyl (C=O) groups excluding carboxylic acids is 1. The van der Waals surface area contributed by atoms with Gasteiger partial charge in [-0.15, -0.1) is 0 Å². The molecule has 1 heterocycles. The Hall–Kier alpha value is -1.28. The van der Waals surface area contributed by atoms with Gasteiger partial charge in [0.05, 0.1) is 5.02 Å². The number of fused-ring (bicyclic) bond motifs is 1. The molecule has 0 atom stereocenters. The van der Waals surface area contributed by atoms with Crippen molar-refractivity contribution in [2.75, 3.05) is 0 Å². The van der Waals surface area contributed by atoms with Gasteiger partial charge in [0.25, 0.3) is 0 Å². The molecular weight excluding hydrogens is 224 g/mol. The summed E-state index contributed by atoms with van der Waals surface area (Å²) in [5, 5.41) is 1.43. The molecule has 0 aliphatic heterocycles. The summed E-state index contributed by atoms with van der Waals surface area (Å²) >= 11 is 6.09. The molecule has 0 aliphatic carbocycles. The smallest absolute Gasteiger partial charge is 0.200 e. The molecule has 0 aliphatic rings. The second-order valence-electron chi connectivity index (χ2n) is 4.29. The van der Waals surface area contributed by atoms with E-state index in [0.29, 0.717) is 16.4 Å². The zero-order valence-corrected chi connectivity index (χ0v) is 10.3. The summed E-state index contributed by atoms with van der Waals surface area (Å²) in [6.45, 7) is 5.64. The fourth-order valence-electron chi connectivity index (χ4n) is 1.63. The average Bonchev–Trinajstić information content (AvgIpc) is 2.60. The Kier molecular flexibility index (Phi) is 2.76. The maximum absolute atomic E-state index is 11.8. The summed E-state index contributed by atoms with van der Waals surface area (Å²) in [4.78, 5) is 11.8. The van der Waals surface area contributed by atoms with Crippen LogP contribution in [0.5, 0.6) is 0 Å². The molecule has 3 heteroatoms. The van der Waals surface area contributed by atoms with Crippen LogP contribution in [0.4, 0.5) is 0 Å². The van der Waals surface area contributed by atoms with Crippen LogP contribution in [-0.4, -0.2) is 5.78 Å². The minimum atomic E-state index is -0.0690. The van der Waals surface area contributed by atoms with Gasteiger partial charge >= 0.3 is 0 Å². The quantitative estimate of drug-likeness (QED) is 0.731. The van der Waals surface area contributed by atoms with Gasteiger partial charge in [-0.05, 0) is 30.7 Å². The SMILES string of the molecule is Cc1cc(Cl)c2cc(C(=O)C(C)C)oc2c1. The number of aryl methyl sites for hydroxylation is 1. The lowest BCUT2D eigenvalue weighted by Gasteiger charge is -1.97. The van der Waals surface area contributed by atoms with Crippen molar-refractivity contribution in [3.63, 3.8) is 0 Å². The highest BCUT2D eigenvalue weighted by Crippen LogP contribution is 2.29. The molecule has 1 aromatic heterocycles. The number of benzene rings is 1. The maximum atomic E-state index is 11.8. The molecule has 84 valence electrons. The number of ketones is 1. The van der Waals surface area contributed by atoms with E-state index < -0.39 is 0 Å². The predicted molar refractivity (Wildman–Crippen MR) is 65.1 cm³/mol. The van der Waals surface area contributed by atoms with E-state index in [-0.39, 0.29) is 11.7 Å². The van der Waals surface area contributed by atoms with Crippen LogP contribution in [0, 0.1) is 12.8 Å². The van der Waals surface area contributed by atoms with Gasteiger partial charge < -0.3 is 4.42 Å². The Balaban J connectivity index is 2.60. The number of halogens is 1. The Morgan fingerprint density at radius 3 is 2.62 bits per heavy atom. The van der Waals surface area contributed by atoms with Crippen molar-refractivity contribution in [1.82, 2.24) is 0 Å².